The largest absolute Gasteiger partial charge is 0.368 e. The number of anilines is 2. The minimum absolute atomic E-state index is 0.111. The van der Waals surface area contributed by atoms with E-state index in [1.54, 1.807) is 17.7 Å². The number of thiophene rings is 1. The lowest BCUT2D eigenvalue weighted by Gasteiger charge is -2.36. The molecule has 1 amide bonds. The van der Waals surface area contributed by atoms with Crippen molar-refractivity contribution in [3.63, 3.8) is 0 Å². The normalized spacial score (nSPS) is 14.5. The van der Waals surface area contributed by atoms with Crippen molar-refractivity contribution >= 4 is 39.0 Å². The molecular formula is C21H25N5OS. The maximum absolute atomic E-state index is 12.7. The van der Waals surface area contributed by atoms with Crippen LogP contribution in [0.15, 0.2) is 30.6 Å². The zero-order valence-corrected chi connectivity index (χ0v) is 17.3. The van der Waals surface area contributed by atoms with Gasteiger partial charge in [0.1, 0.15) is 17.0 Å². The van der Waals surface area contributed by atoms with Gasteiger partial charge in [-0.05, 0) is 44.0 Å². The molecule has 1 aromatic carbocycles. The van der Waals surface area contributed by atoms with E-state index in [-0.39, 0.29) is 12.5 Å². The Morgan fingerprint density at radius 2 is 1.93 bits per heavy atom. The van der Waals surface area contributed by atoms with Crippen LogP contribution in [0, 0.1) is 20.8 Å². The smallest absolute Gasteiger partial charge is 0.242 e. The molecule has 2 aromatic heterocycles. The summed E-state index contributed by atoms with van der Waals surface area (Å²) in [6.45, 7) is 9.72. The van der Waals surface area contributed by atoms with E-state index in [2.05, 4.69) is 65.2 Å². The molecule has 1 fully saturated rings. The number of carbonyl (C=O) groups excluding carboxylic acids is 1. The highest BCUT2D eigenvalue weighted by Crippen LogP contribution is 2.32. The molecule has 0 unspecified atom stereocenters. The number of nitrogens with zero attached hydrogens (tertiary/aromatic N) is 4. The van der Waals surface area contributed by atoms with Gasteiger partial charge in [0.2, 0.25) is 5.91 Å². The molecule has 7 heteroatoms. The van der Waals surface area contributed by atoms with Crippen molar-refractivity contribution in [1.29, 1.82) is 0 Å². The first-order valence-electron chi connectivity index (χ1n) is 9.57. The molecule has 1 saturated heterocycles. The van der Waals surface area contributed by atoms with Gasteiger partial charge in [0.05, 0.1) is 11.9 Å². The lowest BCUT2D eigenvalue weighted by Crippen LogP contribution is -2.50. The van der Waals surface area contributed by atoms with Gasteiger partial charge in [-0.25, -0.2) is 9.97 Å². The standard InChI is InChI=1S/C21H25N5OS/c1-14-5-4-6-17(11-14)25-7-9-26(10-8-25)18(27)12-22-20-19-15(2)16(3)28-21(19)24-13-23-20/h4-6,11,13H,7-10,12H2,1-3H3,(H,22,23,24). The van der Waals surface area contributed by atoms with Crippen molar-refractivity contribution in [3.05, 3.63) is 46.6 Å². The third-order valence-corrected chi connectivity index (χ3v) is 6.49. The van der Waals surface area contributed by atoms with Gasteiger partial charge in [0.25, 0.3) is 0 Å². The van der Waals surface area contributed by atoms with E-state index in [1.807, 2.05) is 4.90 Å². The van der Waals surface area contributed by atoms with Gasteiger partial charge in [0, 0.05) is 36.7 Å². The number of rotatable bonds is 4. The van der Waals surface area contributed by atoms with Gasteiger partial charge in [-0.1, -0.05) is 12.1 Å². The van der Waals surface area contributed by atoms with Gasteiger partial charge in [-0.3, -0.25) is 4.79 Å². The predicted molar refractivity (Wildman–Crippen MR) is 115 cm³/mol. The fraction of sp³-hybridized carbons (Fsp3) is 0.381. The van der Waals surface area contributed by atoms with Crippen molar-refractivity contribution in [3.8, 4) is 0 Å². The summed E-state index contributed by atoms with van der Waals surface area (Å²) in [5.41, 5.74) is 3.68. The number of aromatic nitrogens is 2. The number of fused-ring (bicyclic) bond motifs is 1. The lowest BCUT2D eigenvalue weighted by atomic mass is 10.2. The van der Waals surface area contributed by atoms with E-state index in [0.717, 1.165) is 42.2 Å². The summed E-state index contributed by atoms with van der Waals surface area (Å²) < 4.78 is 0. The van der Waals surface area contributed by atoms with Crippen molar-refractivity contribution in [2.75, 3.05) is 42.9 Å². The average Bonchev–Trinajstić information content (AvgIpc) is 3.00. The minimum atomic E-state index is 0.111. The molecule has 6 nitrogen and oxygen atoms in total. The van der Waals surface area contributed by atoms with Gasteiger partial charge >= 0.3 is 0 Å². The zero-order valence-electron chi connectivity index (χ0n) is 16.5. The highest BCUT2D eigenvalue weighted by molar-refractivity contribution is 7.18. The zero-order chi connectivity index (χ0) is 19.7. The maximum Gasteiger partial charge on any atom is 0.242 e. The van der Waals surface area contributed by atoms with Gasteiger partial charge in [-0.2, -0.15) is 0 Å². The van der Waals surface area contributed by atoms with Crippen molar-refractivity contribution in [1.82, 2.24) is 14.9 Å². The average molecular weight is 396 g/mol. The molecule has 0 atom stereocenters. The van der Waals surface area contributed by atoms with Crippen molar-refractivity contribution in [2.45, 2.75) is 20.8 Å². The SMILES string of the molecule is Cc1cccc(N2CCN(C(=O)CNc3ncnc4sc(C)c(C)c34)CC2)c1. The molecule has 0 saturated carbocycles. The van der Waals surface area contributed by atoms with Crippen LogP contribution in [0.25, 0.3) is 10.2 Å². The Morgan fingerprint density at radius 1 is 1.14 bits per heavy atom. The Morgan fingerprint density at radius 3 is 2.68 bits per heavy atom. The topological polar surface area (TPSA) is 61.4 Å². The first-order chi connectivity index (χ1) is 13.5. The Bertz CT molecular complexity index is 1010. The number of nitrogens with one attached hydrogen (secondary N) is 1. The molecule has 28 heavy (non-hydrogen) atoms. The van der Waals surface area contributed by atoms with Crippen LogP contribution in [0.3, 0.4) is 0 Å². The van der Waals surface area contributed by atoms with Crippen molar-refractivity contribution in [2.24, 2.45) is 0 Å². The van der Waals surface area contributed by atoms with E-state index < -0.39 is 0 Å². The highest BCUT2D eigenvalue weighted by Gasteiger charge is 2.21. The summed E-state index contributed by atoms with van der Waals surface area (Å²) in [5, 5.41) is 4.27. The van der Waals surface area contributed by atoms with Crippen LogP contribution in [0.2, 0.25) is 0 Å². The van der Waals surface area contributed by atoms with Gasteiger partial charge in [-0.15, -0.1) is 11.3 Å². The summed E-state index contributed by atoms with van der Waals surface area (Å²) in [7, 11) is 0. The minimum Gasteiger partial charge on any atom is -0.368 e. The van der Waals surface area contributed by atoms with Gasteiger partial charge < -0.3 is 15.1 Å². The fourth-order valence-electron chi connectivity index (χ4n) is 3.63. The van der Waals surface area contributed by atoms with Crippen LogP contribution in [0.1, 0.15) is 16.0 Å². The van der Waals surface area contributed by atoms with Crippen LogP contribution < -0.4 is 10.2 Å². The number of piperazine rings is 1. The molecular weight excluding hydrogens is 370 g/mol. The monoisotopic (exact) mass is 395 g/mol. The maximum atomic E-state index is 12.7. The lowest BCUT2D eigenvalue weighted by molar-refractivity contribution is -0.129. The first kappa shape index (κ1) is 18.7. The molecule has 146 valence electrons. The number of amides is 1. The summed E-state index contributed by atoms with van der Waals surface area (Å²) in [6.07, 6.45) is 1.56. The number of hydrogen-bond acceptors (Lipinski definition) is 6. The molecule has 0 radical (unpaired) electrons. The molecule has 1 aliphatic rings. The van der Waals surface area contributed by atoms with Crippen molar-refractivity contribution < 1.29 is 4.79 Å². The molecule has 4 rings (SSSR count). The van der Waals surface area contributed by atoms with Crippen LogP contribution in [-0.4, -0.2) is 53.5 Å². The number of benzene rings is 1. The summed E-state index contributed by atoms with van der Waals surface area (Å²) in [4.78, 5) is 27.9. The van der Waals surface area contributed by atoms with E-state index in [1.165, 1.54) is 21.7 Å². The van der Waals surface area contributed by atoms with E-state index in [9.17, 15) is 4.79 Å². The number of carbonyl (C=O) groups is 1. The Labute approximate surface area is 169 Å². The summed E-state index contributed by atoms with van der Waals surface area (Å²) in [5.74, 6) is 0.860. The third-order valence-electron chi connectivity index (χ3n) is 5.37. The second-order valence-electron chi connectivity index (χ2n) is 7.25. The molecule has 1 aliphatic heterocycles. The second kappa shape index (κ2) is 7.75. The van der Waals surface area contributed by atoms with E-state index in [0.29, 0.717) is 0 Å². The highest BCUT2D eigenvalue weighted by atomic mass is 32.1. The molecule has 1 N–H and O–H groups in total. The third kappa shape index (κ3) is 3.67. The molecule has 0 spiro atoms. The molecule has 3 heterocycles. The van der Waals surface area contributed by atoms with Crippen LogP contribution in [0.4, 0.5) is 11.5 Å². The molecule has 0 aliphatic carbocycles. The molecule has 0 bridgehead atoms. The van der Waals surface area contributed by atoms with Crippen LogP contribution in [0.5, 0.6) is 0 Å². The Hall–Kier alpha value is -2.67. The van der Waals surface area contributed by atoms with E-state index in [4.69, 9.17) is 0 Å². The van der Waals surface area contributed by atoms with Gasteiger partial charge in [0.15, 0.2) is 0 Å². The number of hydrogen-bond donors (Lipinski definition) is 1. The fourth-order valence-corrected chi connectivity index (χ4v) is 4.62. The second-order valence-corrected chi connectivity index (χ2v) is 8.45. The van der Waals surface area contributed by atoms with Crippen LogP contribution >= 0.6 is 11.3 Å². The van der Waals surface area contributed by atoms with E-state index >= 15 is 0 Å². The quantitative estimate of drug-likeness (QED) is 0.734. The predicted octanol–water partition coefficient (Wildman–Crippen LogP) is 3.38. The Balaban J connectivity index is 1.37. The summed E-state index contributed by atoms with van der Waals surface area (Å²) in [6, 6.07) is 8.53. The van der Waals surface area contributed by atoms with Crippen LogP contribution in [-0.2, 0) is 4.79 Å². The first-order valence-corrected chi connectivity index (χ1v) is 10.4. The number of aryl methyl sites for hydroxylation is 3. The Kier molecular flexibility index (Phi) is 5.17. The molecule has 3 aromatic rings. The summed E-state index contributed by atoms with van der Waals surface area (Å²) >= 11 is 1.66.